The van der Waals surface area contributed by atoms with Crippen LogP contribution in [-0.4, -0.2) is 23.6 Å². The second-order valence-electron chi connectivity index (χ2n) is 4.48. The number of hydrogen-bond donors (Lipinski definition) is 1. The largest absolute Gasteiger partial charge is 0.378 e. The molecule has 19 heavy (non-hydrogen) atoms. The first-order valence-corrected chi connectivity index (χ1v) is 6.61. The van der Waals surface area contributed by atoms with Gasteiger partial charge in [0.1, 0.15) is 0 Å². The molecule has 0 radical (unpaired) electrons. The predicted molar refractivity (Wildman–Crippen MR) is 81.3 cm³/mol. The van der Waals surface area contributed by atoms with Gasteiger partial charge in [0.05, 0.1) is 29.1 Å². The number of aromatic nitrogens is 2. The van der Waals surface area contributed by atoms with Crippen molar-refractivity contribution in [3.63, 3.8) is 0 Å². The van der Waals surface area contributed by atoms with Crippen LogP contribution in [0.15, 0.2) is 24.4 Å². The Morgan fingerprint density at radius 2 is 2.05 bits per heavy atom. The van der Waals surface area contributed by atoms with Gasteiger partial charge < -0.3 is 14.8 Å². The fourth-order valence-electron chi connectivity index (χ4n) is 1.83. The van der Waals surface area contributed by atoms with Gasteiger partial charge in [0.25, 0.3) is 0 Å². The first-order valence-electron chi connectivity index (χ1n) is 5.86. The molecule has 0 unspecified atom stereocenters. The highest BCUT2D eigenvalue weighted by Crippen LogP contribution is 2.26. The Balaban J connectivity index is 2.12. The van der Waals surface area contributed by atoms with E-state index in [9.17, 15) is 0 Å². The van der Waals surface area contributed by atoms with Gasteiger partial charge in [-0.3, -0.25) is 0 Å². The van der Waals surface area contributed by atoms with Gasteiger partial charge in [-0.15, -0.1) is 0 Å². The van der Waals surface area contributed by atoms with E-state index in [-0.39, 0.29) is 0 Å². The SMILES string of the molecule is CN(C)c1ncc(CNc2cc(Cl)ccc2Cl)n1C. The van der Waals surface area contributed by atoms with E-state index in [1.54, 1.807) is 12.1 Å². The normalized spacial score (nSPS) is 10.6. The van der Waals surface area contributed by atoms with Gasteiger partial charge in [-0.25, -0.2) is 4.98 Å². The fraction of sp³-hybridized carbons (Fsp3) is 0.308. The molecule has 102 valence electrons. The number of halogens is 2. The molecule has 0 aliphatic carbocycles. The van der Waals surface area contributed by atoms with Crippen LogP contribution in [0.4, 0.5) is 11.6 Å². The minimum absolute atomic E-state index is 0.636. The number of nitrogens with zero attached hydrogens (tertiary/aromatic N) is 3. The molecule has 1 aromatic carbocycles. The Labute approximate surface area is 123 Å². The van der Waals surface area contributed by atoms with Gasteiger partial charge in [-0.05, 0) is 18.2 Å². The number of benzene rings is 1. The molecule has 2 rings (SSSR count). The van der Waals surface area contributed by atoms with Crippen LogP contribution in [0.25, 0.3) is 0 Å². The van der Waals surface area contributed by atoms with Crippen LogP contribution in [-0.2, 0) is 13.6 Å². The van der Waals surface area contributed by atoms with Crippen molar-refractivity contribution in [3.8, 4) is 0 Å². The topological polar surface area (TPSA) is 33.1 Å². The zero-order chi connectivity index (χ0) is 14.0. The zero-order valence-electron chi connectivity index (χ0n) is 11.1. The molecule has 1 aromatic heterocycles. The van der Waals surface area contributed by atoms with Gasteiger partial charge >= 0.3 is 0 Å². The monoisotopic (exact) mass is 298 g/mol. The van der Waals surface area contributed by atoms with E-state index in [0.29, 0.717) is 16.6 Å². The summed E-state index contributed by atoms with van der Waals surface area (Å²) in [7, 11) is 5.92. The van der Waals surface area contributed by atoms with Gasteiger partial charge in [0.2, 0.25) is 5.95 Å². The lowest BCUT2D eigenvalue weighted by atomic mass is 10.3. The smallest absolute Gasteiger partial charge is 0.204 e. The Bertz CT molecular complexity index is 578. The van der Waals surface area contributed by atoms with Crippen molar-refractivity contribution in [1.82, 2.24) is 9.55 Å². The Morgan fingerprint density at radius 3 is 2.68 bits per heavy atom. The molecule has 0 aliphatic heterocycles. The number of rotatable bonds is 4. The molecule has 2 aromatic rings. The second kappa shape index (κ2) is 5.72. The Hall–Kier alpha value is -1.39. The third-order valence-electron chi connectivity index (χ3n) is 2.85. The van der Waals surface area contributed by atoms with Crippen LogP contribution >= 0.6 is 23.2 Å². The highest BCUT2D eigenvalue weighted by atomic mass is 35.5. The maximum absolute atomic E-state index is 6.11. The summed E-state index contributed by atoms with van der Waals surface area (Å²) in [5, 5.41) is 4.58. The van der Waals surface area contributed by atoms with Crippen LogP contribution in [0, 0.1) is 0 Å². The maximum Gasteiger partial charge on any atom is 0.204 e. The summed E-state index contributed by atoms with van der Waals surface area (Å²) in [5.41, 5.74) is 1.89. The van der Waals surface area contributed by atoms with Gasteiger partial charge in [-0.2, -0.15) is 0 Å². The first-order chi connectivity index (χ1) is 8.99. The van der Waals surface area contributed by atoms with Gasteiger partial charge in [0, 0.05) is 26.2 Å². The second-order valence-corrected chi connectivity index (χ2v) is 5.32. The number of anilines is 2. The van der Waals surface area contributed by atoms with Crippen molar-refractivity contribution < 1.29 is 0 Å². The molecular weight excluding hydrogens is 283 g/mol. The molecular formula is C13H16Cl2N4. The third-order valence-corrected chi connectivity index (χ3v) is 3.41. The first kappa shape index (κ1) is 14.0. The molecule has 6 heteroatoms. The molecule has 0 atom stereocenters. The highest BCUT2D eigenvalue weighted by molar-refractivity contribution is 6.35. The molecule has 0 amide bonds. The van der Waals surface area contributed by atoms with E-state index in [0.717, 1.165) is 17.3 Å². The van der Waals surface area contributed by atoms with E-state index >= 15 is 0 Å². The van der Waals surface area contributed by atoms with Gasteiger partial charge in [0.15, 0.2) is 0 Å². The average molecular weight is 299 g/mol. The lowest BCUT2D eigenvalue weighted by Crippen LogP contribution is -2.15. The lowest BCUT2D eigenvalue weighted by Gasteiger charge is -2.13. The maximum atomic E-state index is 6.11. The standard InChI is InChI=1S/C13H16Cl2N4/c1-18(2)13-17-8-10(19(13)3)7-16-12-6-9(14)4-5-11(12)15/h4-6,8,16H,7H2,1-3H3. The van der Waals surface area contributed by atoms with Crippen molar-refractivity contribution >= 4 is 34.8 Å². The molecule has 1 N–H and O–H groups in total. The molecule has 0 bridgehead atoms. The van der Waals surface area contributed by atoms with E-state index in [1.807, 2.05) is 42.9 Å². The van der Waals surface area contributed by atoms with Crippen LogP contribution in [0.5, 0.6) is 0 Å². The number of imidazole rings is 1. The van der Waals surface area contributed by atoms with Gasteiger partial charge in [-0.1, -0.05) is 23.2 Å². The van der Waals surface area contributed by atoms with E-state index in [2.05, 4.69) is 10.3 Å². The quantitative estimate of drug-likeness (QED) is 0.939. The minimum atomic E-state index is 0.636. The van der Waals surface area contributed by atoms with Crippen molar-refractivity contribution in [2.75, 3.05) is 24.3 Å². The summed E-state index contributed by atoms with van der Waals surface area (Å²) in [4.78, 5) is 6.33. The summed E-state index contributed by atoms with van der Waals surface area (Å²) in [6, 6.07) is 5.36. The summed E-state index contributed by atoms with van der Waals surface area (Å²) in [5.74, 6) is 0.911. The molecule has 1 heterocycles. The average Bonchev–Trinajstić information content (AvgIpc) is 2.72. The number of hydrogen-bond acceptors (Lipinski definition) is 3. The third kappa shape index (κ3) is 3.14. The fourth-order valence-corrected chi connectivity index (χ4v) is 2.19. The van der Waals surface area contributed by atoms with E-state index in [1.165, 1.54) is 0 Å². The lowest BCUT2D eigenvalue weighted by molar-refractivity contribution is 0.814. The molecule has 0 spiro atoms. The predicted octanol–water partition coefficient (Wildman–Crippen LogP) is 3.41. The van der Waals surface area contributed by atoms with E-state index in [4.69, 9.17) is 23.2 Å². The van der Waals surface area contributed by atoms with Crippen molar-refractivity contribution in [2.24, 2.45) is 7.05 Å². The van der Waals surface area contributed by atoms with Crippen LogP contribution < -0.4 is 10.2 Å². The Morgan fingerprint density at radius 1 is 1.32 bits per heavy atom. The summed E-state index contributed by atoms with van der Waals surface area (Å²) in [6.07, 6.45) is 1.85. The van der Waals surface area contributed by atoms with E-state index < -0.39 is 0 Å². The van der Waals surface area contributed by atoms with Crippen molar-refractivity contribution in [1.29, 1.82) is 0 Å². The summed E-state index contributed by atoms with van der Waals surface area (Å²) in [6.45, 7) is 0.636. The molecule has 0 aliphatic rings. The Kier molecular flexibility index (Phi) is 4.22. The molecule has 4 nitrogen and oxygen atoms in total. The summed E-state index contributed by atoms with van der Waals surface area (Å²) >= 11 is 12.1. The van der Waals surface area contributed by atoms with Crippen LogP contribution in [0.3, 0.4) is 0 Å². The summed E-state index contributed by atoms with van der Waals surface area (Å²) < 4.78 is 2.03. The molecule has 0 fully saturated rings. The highest BCUT2D eigenvalue weighted by Gasteiger charge is 2.08. The zero-order valence-corrected chi connectivity index (χ0v) is 12.6. The van der Waals surface area contributed by atoms with Crippen molar-refractivity contribution in [2.45, 2.75) is 6.54 Å². The van der Waals surface area contributed by atoms with Crippen molar-refractivity contribution in [3.05, 3.63) is 40.1 Å². The van der Waals surface area contributed by atoms with Crippen LogP contribution in [0.1, 0.15) is 5.69 Å². The molecule has 0 saturated heterocycles. The minimum Gasteiger partial charge on any atom is -0.378 e. The number of nitrogens with one attached hydrogen (secondary N) is 1. The van der Waals surface area contributed by atoms with Crippen LogP contribution in [0.2, 0.25) is 10.0 Å². The molecule has 0 saturated carbocycles.